The van der Waals surface area contributed by atoms with Gasteiger partial charge in [-0.25, -0.2) is 0 Å². The highest BCUT2D eigenvalue weighted by Gasteiger charge is 2.19. The second kappa shape index (κ2) is 5.85. The standard InChI is InChI=1S/C16H24O2/c1-11-8-12(2)16(13(3)9-11)15(17)10-18-14-6-4-5-7-14/h8-9,14-15,17H,4-7,10H2,1-3H3. The van der Waals surface area contributed by atoms with E-state index >= 15 is 0 Å². The third-order valence-corrected chi connectivity index (χ3v) is 3.86. The van der Waals surface area contributed by atoms with E-state index in [1.165, 1.54) is 18.4 Å². The summed E-state index contributed by atoms with van der Waals surface area (Å²) in [6.45, 7) is 6.64. The molecule has 1 saturated carbocycles. The largest absolute Gasteiger partial charge is 0.386 e. The second-order valence-corrected chi connectivity index (χ2v) is 5.57. The summed E-state index contributed by atoms with van der Waals surface area (Å²) in [7, 11) is 0. The van der Waals surface area contributed by atoms with Crippen LogP contribution >= 0.6 is 0 Å². The van der Waals surface area contributed by atoms with Gasteiger partial charge in [-0.3, -0.25) is 0 Å². The molecule has 0 aromatic heterocycles. The molecule has 18 heavy (non-hydrogen) atoms. The molecule has 0 heterocycles. The fourth-order valence-electron chi connectivity index (χ4n) is 3.08. The highest BCUT2D eigenvalue weighted by Crippen LogP contribution is 2.26. The van der Waals surface area contributed by atoms with Gasteiger partial charge < -0.3 is 9.84 Å². The van der Waals surface area contributed by atoms with Crippen LogP contribution in [0.3, 0.4) is 0 Å². The second-order valence-electron chi connectivity index (χ2n) is 5.57. The molecular weight excluding hydrogens is 224 g/mol. The molecule has 2 rings (SSSR count). The van der Waals surface area contributed by atoms with Gasteiger partial charge in [0.25, 0.3) is 0 Å². The molecule has 0 aliphatic heterocycles. The molecule has 1 aliphatic rings. The van der Waals surface area contributed by atoms with Gasteiger partial charge in [-0.15, -0.1) is 0 Å². The molecule has 1 aromatic carbocycles. The van der Waals surface area contributed by atoms with Crippen LogP contribution < -0.4 is 0 Å². The van der Waals surface area contributed by atoms with Gasteiger partial charge in [0.2, 0.25) is 0 Å². The molecule has 1 unspecified atom stereocenters. The average Bonchev–Trinajstić information content (AvgIpc) is 2.77. The van der Waals surface area contributed by atoms with Gasteiger partial charge in [0.15, 0.2) is 0 Å². The zero-order valence-electron chi connectivity index (χ0n) is 11.7. The Hall–Kier alpha value is -0.860. The van der Waals surface area contributed by atoms with Gasteiger partial charge in [0, 0.05) is 0 Å². The zero-order chi connectivity index (χ0) is 13.1. The number of benzene rings is 1. The van der Waals surface area contributed by atoms with Gasteiger partial charge in [0.1, 0.15) is 6.10 Å². The molecule has 1 fully saturated rings. The Morgan fingerprint density at radius 2 is 1.72 bits per heavy atom. The molecule has 100 valence electrons. The van der Waals surface area contributed by atoms with Crippen molar-refractivity contribution in [2.45, 2.75) is 58.7 Å². The lowest BCUT2D eigenvalue weighted by molar-refractivity contribution is -0.00741. The molecule has 1 aromatic rings. The van der Waals surface area contributed by atoms with Crippen LogP contribution in [-0.2, 0) is 4.74 Å². The summed E-state index contributed by atoms with van der Waals surface area (Å²) in [6.07, 6.45) is 4.71. The first-order valence-electron chi connectivity index (χ1n) is 6.95. The maximum atomic E-state index is 10.3. The van der Waals surface area contributed by atoms with Crippen molar-refractivity contribution >= 4 is 0 Å². The first kappa shape index (κ1) is 13.6. The van der Waals surface area contributed by atoms with Crippen molar-refractivity contribution in [3.63, 3.8) is 0 Å². The number of hydrogen-bond acceptors (Lipinski definition) is 2. The van der Waals surface area contributed by atoms with Crippen molar-refractivity contribution in [3.05, 3.63) is 34.4 Å². The fourth-order valence-corrected chi connectivity index (χ4v) is 3.08. The Morgan fingerprint density at radius 3 is 2.28 bits per heavy atom. The summed E-state index contributed by atoms with van der Waals surface area (Å²) >= 11 is 0. The average molecular weight is 248 g/mol. The van der Waals surface area contributed by atoms with Crippen molar-refractivity contribution in [2.24, 2.45) is 0 Å². The van der Waals surface area contributed by atoms with Crippen LogP contribution in [0.25, 0.3) is 0 Å². The number of hydrogen-bond donors (Lipinski definition) is 1. The number of aliphatic hydroxyl groups is 1. The van der Waals surface area contributed by atoms with Crippen LogP contribution in [-0.4, -0.2) is 17.8 Å². The summed E-state index contributed by atoms with van der Waals surface area (Å²) in [5.41, 5.74) is 4.61. The minimum atomic E-state index is -0.494. The molecule has 0 spiro atoms. The van der Waals surface area contributed by atoms with Crippen LogP contribution in [0.4, 0.5) is 0 Å². The van der Waals surface area contributed by atoms with Crippen LogP contribution in [0.1, 0.15) is 54.0 Å². The minimum Gasteiger partial charge on any atom is -0.386 e. The van der Waals surface area contributed by atoms with Gasteiger partial charge in [0.05, 0.1) is 12.7 Å². The van der Waals surface area contributed by atoms with Crippen molar-refractivity contribution in [3.8, 4) is 0 Å². The van der Waals surface area contributed by atoms with E-state index in [4.69, 9.17) is 4.74 Å². The van der Waals surface area contributed by atoms with E-state index < -0.39 is 6.10 Å². The third-order valence-electron chi connectivity index (χ3n) is 3.86. The summed E-state index contributed by atoms with van der Waals surface area (Å²) in [5.74, 6) is 0. The Kier molecular flexibility index (Phi) is 4.41. The van der Waals surface area contributed by atoms with Crippen LogP contribution in [0, 0.1) is 20.8 Å². The Labute approximate surface area is 110 Å². The summed E-state index contributed by atoms with van der Waals surface area (Å²) < 4.78 is 5.81. The van der Waals surface area contributed by atoms with E-state index in [-0.39, 0.29) is 0 Å². The van der Waals surface area contributed by atoms with Crippen LogP contribution in [0.15, 0.2) is 12.1 Å². The molecule has 0 saturated heterocycles. The van der Waals surface area contributed by atoms with Crippen molar-refractivity contribution in [1.82, 2.24) is 0 Å². The Morgan fingerprint density at radius 1 is 1.17 bits per heavy atom. The maximum absolute atomic E-state index is 10.3. The SMILES string of the molecule is Cc1cc(C)c(C(O)COC2CCCC2)c(C)c1. The van der Waals surface area contributed by atoms with Crippen LogP contribution in [0.5, 0.6) is 0 Å². The van der Waals surface area contributed by atoms with Gasteiger partial charge in [-0.2, -0.15) is 0 Å². The van der Waals surface area contributed by atoms with Gasteiger partial charge in [-0.05, 0) is 50.3 Å². The highest BCUT2D eigenvalue weighted by molar-refractivity contribution is 5.38. The van der Waals surface area contributed by atoms with E-state index in [1.807, 2.05) is 0 Å². The Balaban J connectivity index is 2.01. The summed E-state index contributed by atoms with van der Waals surface area (Å²) in [6, 6.07) is 4.25. The van der Waals surface area contributed by atoms with Crippen LogP contribution in [0.2, 0.25) is 0 Å². The van der Waals surface area contributed by atoms with E-state index in [1.54, 1.807) is 0 Å². The van der Waals surface area contributed by atoms with E-state index in [0.717, 1.165) is 29.5 Å². The summed E-state index contributed by atoms with van der Waals surface area (Å²) in [4.78, 5) is 0. The van der Waals surface area contributed by atoms with Gasteiger partial charge in [-0.1, -0.05) is 30.5 Å². The maximum Gasteiger partial charge on any atom is 0.103 e. The first-order valence-corrected chi connectivity index (χ1v) is 6.95. The van der Waals surface area contributed by atoms with E-state index in [0.29, 0.717) is 12.7 Å². The number of rotatable bonds is 4. The fraction of sp³-hybridized carbons (Fsp3) is 0.625. The lowest BCUT2D eigenvalue weighted by Crippen LogP contribution is -2.16. The molecule has 0 amide bonds. The molecule has 0 bridgehead atoms. The van der Waals surface area contributed by atoms with E-state index in [9.17, 15) is 5.11 Å². The molecule has 0 radical (unpaired) electrons. The number of aryl methyl sites for hydroxylation is 3. The van der Waals surface area contributed by atoms with E-state index in [2.05, 4.69) is 32.9 Å². The quantitative estimate of drug-likeness (QED) is 0.882. The van der Waals surface area contributed by atoms with Gasteiger partial charge >= 0.3 is 0 Å². The minimum absolute atomic E-state index is 0.366. The number of ether oxygens (including phenoxy) is 1. The predicted molar refractivity (Wildman–Crippen MR) is 73.8 cm³/mol. The molecule has 1 atom stereocenters. The Bertz CT molecular complexity index is 383. The predicted octanol–water partition coefficient (Wildman–Crippen LogP) is 3.60. The molecule has 2 nitrogen and oxygen atoms in total. The highest BCUT2D eigenvalue weighted by atomic mass is 16.5. The zero-order valence-corrected chi connectivity index (χ0v) is 11.7. The molecule has 1 N–H and O–H groups in total. The summed E-state index contributed by atoms with van der Waals surface area (Å²) in [5, 5.41) is 10.3. The lowest BCUT2D eigenvalue weighted by Gasteiger charge is -2.19. The normalized spacial score (nSPS) is 18.2. The van der Waals surface area contributed by atoms with Crippen molar-refractivity contribution in [1.29, 1.82) is 0 Å². The first-order chi connectivity index (χ1) is 8.58. The monoisotopic (exact) mass is 248 g/mol. The lowest BCUT2D eigenvalue weighted by atomic mass is 9.96. The molecule has 1 aliphatic carbocycles. The van der Waals surface area contributed by atoms with Crippen molar-refractivity contribution < 1.29 is 9.84 Å². The topological polar surface area (TPSA) is 29.5 Å². The smallest absolute Gasteiger partial charge is 0.103 e. The molecule has 2 heteroatoms. The number of aliphatic hydroxyl groups excluding tert-OH is 1. The molecular formula is C16H24O2. The van der Waals surface area contributed by atoms with Crippen molar-refractivity contribution in [2.75, 3.05) is 6.61 Å². The third kappa shape index (κ3) is 3.12.